The van der Waals surface area contributed by atoms with Gasteiger partial charge in [-0.1, -0.05) is 32.4 Å². The number of hydrogen-bond donors (Lipinski definition) is 1. The van der Waals surface area contributed by atoms with Gasteiger partial charge in [-0.05, 0) is 37.1 Å². The fraction of sp³-hybridized carbons (Fsp3) is 0.562. The van der Waals surface area contributed by atoms with Crippen molar-refractivity contribution in [3.63, 3.8) is 0 Å². The van der Waals surface area contributed by atoms with Crippen molar-refractivity contribution in [2.45, 2.75) is 39.7 Å². The lowest BCUT2D eigenvalue weighted by Crippen LogP contribution is -2.30. The summed E-state index contributed by atoms with van der Waals surface area (Å²) in [4.78, 5) is 12.8. The quantitative estimate of drug-likeness (QED) is 0.668. The summed E-state index contributed by atoms with van der Waals surface area (Å²) in [5.74, 6) is 0.0976. The van der Waals surface area contributed by atoms with Crippen molar-refractivity contribution < 1.29 is 14.6 Å². The minimum Gasteiger partial charge on any atom is -0.494 e. The monoisotopic (exact) mass is 279 g/mol. The Morgan fingerprint density at radius 1 is 1.20 bits per heavy atom. The molecule has 0 fully saturated rings. The van der Waals surface area contributed by atoms with Crippen LogP contribution in [0.2, 0.25) is 0 Å². The van der Waals surface area contributed by atoms with Gasteiger partial charge in [0.15, 0.2) is 0 Å². The van der Waals surface area contributed by atoms with Gasteiger partial charge in [-0.3, -0.25) is 9.69 Å². The first kappa shape index (κ1) is 16.5. The van der Waals surface area contributed by atoms with Crippen LogP contribution < -0.4 is 4.74 Å². The standard InChI is InChI=1S/C16H25NO3/c1-3-5-11-20-15-8-6-14(7-9-15)12-17(10-4-2)13-16(18)19/h6-9H,3-5,10-13H2,1-2H3,(H,18,19). The summed E-state index contributed by atoms with van der Waals surface area (Å²) in [6.45, 7) is 6.48. The van der Waals surface area contributed by atoms with E-state index in [2.05, 4.69) is 13.8 Å². The molecule has 1 aromatic rings. The molecule has 0 aromatic heterocycles. The number of hydrogen-bond acceptors (Lipinski definition) is 3. The highest BCUT2D eigenvalue weighted by atomic mass is 16.5. The second kappa shape index (κ2) is 9.37. The van der Waals surface area contributed by atoms with Crippen molar-refractivity contribution >= 4 is 5.97 Å². The van der Waals surface area contributed by atoms with Gasteiger partial charge < -0.3 is 9.84 Å². The van der Waals surface area contributed by atoms with Crippen LogP contribution in [0.3, 0.4) is 0 Å². The topological polar surface area (TPSA) is 49.8 Å². The first-order chi connectivity index (χ1) is 9.65. The fourth-order valence-electron chi connectivity index (χ4n) is 2.01. The average Bonchev–Trinajstić information content (AvgIpc) is 2.40. The van der Waals surface area contributed by atoms with Gasteiger partial charge in [0.05, 0.1) is 13.2 Å². The molecular weight excluding hydrogens is 254 g/mol. The van der Waals surface area contributed by atoms with Gasteiger partial charge in [0.2, 0.25) is 0 Å². The second-order valence-corrected chi connectivity index (χ2v) is 4.95. The molecule has 0 bridgehead atoms. The number of ether oxygens (including phenoxy) is 1. The number of nitrogens with zero attached hydrogens (tertiary/aromatic N) is 1. The zero-order valence-electron chi connectivity index (χ0n) is 12.5. The third-order valence-corrected chi connectivity index (χ3v) is 2.99. The van der Waals surface area contributed by atoms with Gasteiger partial charge in [-0.25, -0.2) is 0 Å². The molecule has 0 saturated carbocycles. The van der Waals surface area contributed by atoms with Crippen molar-refractivity contribution in [1.82, 2.24) is 4.90 Å². The third kappa shape index (κ3) is 6.57. The first-order valence-electron chi connectivity index (χ1n) is 7.31. The minimum absolute atomic E-state index is 0.0859. The molecule has 0 amide bonds. The molecule has 0 aliphatic heterocycles. The van der Waals surface area contributed by atoms with E-state index in [1.165, 1.54) is 0 Å². The molecule has 0 radical (unpaired) electrons. The Morgan fingerprint density at radius 3 is 2.45 bits per heavy atom. The van der Waals surface area contributed by atoms with E-state index < -0.39 is 5.97 Å². The van der Waals surface area contributed by atoms with Gasteiger partial charge in [0, 0.05) is 6.54 Å². The number of aliphatic carboxylic acids is 1. The van der Waals surface area contributed by atoms with Crippen molar-refractivity contribution in [3.8, 4) is 5.75 Å². The largest absolute Gasteiger partial charge is 0.494 e. The van der Waals surface area contributed by atoms with E-state index in [0.717, 1.165) is 43.7 Å². The van der Waals surface area contributed by atoms with E-state index in [0.29, 0.717) is 6.54 Å². The van der Waals surface area contributed by atoms with E-state index in [9.17, 15) is 4.79 Å². The van der Waals surface area contributed by atoms with Crippen molar-refractivity contribution in [2.24, 2.45) is 0 Å². The van der Waals surface area contributed by atoms with Crippen LogP contribution in [0.25, 0.3) is 0 Å². The van der Waals surface area contributed by atoms with E-state index in [4.69, 9.17) is 9.84 Å². The van der Waals surface area contributed by atoms with Crippen LogP contribution in [0.15, 0.2) is 24.3 Å². The van der Waals surface area contributed by atoms with Gasteiger partial charge in [0.25, 0.3) is 0 Å². The maximum absolute atomic E-state index is 10.8. The highest BCUT2D eigenvalue weighted by molar-refractivity contribution is 5.69. The summed E-state index contributed by atoms with van der Waals surface area (Å²) in [6, 6.07) is 7.92. The summed E-state index contributed by atoms with van der Waals surface area (Å²) in [5, 5.41) is 8.89. The summed E-state index contributed by atoms with van der Waals surface area (Å²) in [6.07, 6.45) is 3.13. The van der Waals surface area contributed by atoms with Gasteiger partial charge in [-0.15, -0.1) is 0 Å². The SMILES string of the molecule is CCCCOc1ccc(CN(CCC)CC(=O)O)cc1. The van der Waals surface area contributed by atoms with E-state index in [-0.39, 0.29) is 6.54 Å². The molecule has 0 spiro atoms. The summed E-state index contributed by atoms with van der Waals surface area (Å²) >= 11 is 0. The minimum atomic E-state index is -0.780. The molecule has 4 heteroatoms. The molecule has 112 valence electrons. The van der Waals surface area contributed by atoms with E-state index in [1.54, 1.807) is 0 Å². The highest BCUT2D eigenvalue weighted by Crippen LogP contribution is 2.14. The smallest absolute Gasteiger partial charge is 0.317 e. The van der Waals surface area contributed by atoms with Crippen LogP contribution in [0.1, 0.15) is 38.7 Å². The lowest BCUT2D eigenvalue weighted by molar-refractivity contribution is -0.138. The molecule has 0 saturated heterocycles. The summed E-state index contributed by atoms with van der Waals surface area (Å²) < 4.78 is 5.61. The fourth-order valence-corrected chi connectivity index (χ4v) is 2.01. The predicted molar refractivity (Wildman–Crippen MR) is 80.0 cm³/mol. The molecule has 0 aliphatic carbocycles. The zero-order chi connectivity index (χ0) is 14.8. The number of benzene rings is 1. The number of carbonyl (C=O) groups is 1. The predicted octanol–water partition coefficient (Wildman–Crippen LogP) is 3.16. The third-order valence-electron chi connectivity index (χ3n) is 2.99. The van der Waals surface area contributed by atoms with Crippen molar-refractivity contribution in [3.05, 3.63) is 29.8 Å². The molecule has 1 N–H and O–H groups in total. The first-order valence-corrected chi connectivity index (χ1v) is 7.31. The van der Waals surface area contributed by atoms with Crippen LogP contribution in [0, 0.1) is 0 Å². The molecule has 0 aliphatic rings. The average molecular weight is 279 g/mol. The Balaban J connectivity index is 2.51. The van der Waals surface area contributed by atoms with Crippen LogP contribution in [0.4, 0.5) is 0 Å². The van der Waals surface area contributed by atoms with Gasteiger partial charge in [0.1, 0.15) is 5.75 Å². The number of rotatable bonds is 10. The molecule has 20 heavy (non-hydrogen) atoms. The van der Waals surface area contributed by atoms with Gasteiger partial charge >= 0.3 is 5.97 Å². The van der Waals surface area contributed by atoms with Gasteiger partial charge in [-0.2, -0.15) is 0 Å². The number of carboxylic acid groups (broad SMARTS) is 1. The normalized spacial score (nSPS) is 10.8. The summed E-state index contributed by atoms with van der Waals surface area (Å²) in [5.41, 5.74) is 1.11. The van der Waals surface area contributed by atoms with Crippen LogP contribution >= 0.6 is 0 Å². The molecule has 4 nitrogen and oxygen atoms in total. The summed E-state index contributed by atoms with van der Waals surface area (Å²) in [7, 11) is 0. The molecule has 0 heterocycles. The second-order valence-electron chi connectivity index (χ2n) is 4.95. The lowest BCUT2D eigenvalue weighted by Gasteiger charge is -2.19. The van der Waals surface area contributed by atoms with Crippen LogP contribution in [0.5, 0.6) is 5.75 Å². The maximum atomic E-state index is 10.8. The van der Waals surface area contributed by atoms with Crippen molar-refractivity contribution in [2.75, 3.05) is 19.7 Å². The maximum Gasteiger partial charge on any atom is 0.317 e. The highest BCUT2D eigenvalue weighted by Gasteiger charge is 2.09. The van der Waals surface area contributed by atoms with E-state index in [1.807, 2.05) is 29.2 Å². The Kier molecular flexibility index (Phi) is 7.73. The Bertz CT molecular complexity index is 389. The molecular formula is C16H25NO3. The number of carboxylic acids is 1. The Labute approximate surface area is 121 Å². The van der Waals surface area contributed by atoms with Crippen molar-refractivity contribution in [1.29, 1.82) is 0 Å². The molecule has 0 atom stereocenters. The Hall–Kier alpha value is -1.55. The van der Waals surface area contributed by atoms with Crippen LogP contribution in [-0.2, 0) is 11.3 Å². The molecule has 1 aromatic carbocycles. The zero-order valence-corrected chi connectivity index (χ0v) is 12.5. The molecule has 0 unspecified atom stereocenters. The molecule has 1 rings (SSSR count). The Morgan fingerprint density at radius 2 is 1.90 bits per heavy atom. The number of unbranched alkanes of at least 4 members (excludes halogenated alkanes) is 1. The van der Waals surface area contributed by atoms with E-state index >= 15 is 0 Å². The van der Waals surface area contributed by atoms with Crippen LogP contribution in [-0.4, -0.2) is 35.7 Å². The lowest BCUT2D eigenvalue weighted by atomic mass is 10.2.